The summed E-state index contributed by atoms with van der Waals surface area (Å²) in [7, 11) is 0. The normalized spacial score (nSPS) is 10.5. The lowest BCUT2D eigenvalue weighted by Crippen LogP contribution is -2.13. The fourth-order valence-electron chi connectivity index (χ4n) is 2.36. The minimum absolute atomic E-state index is 0.160. The van der Waals surface area contributed by atoms with Crippen LogP contribution in [0.1, 0.15) is 21.6 Å². The number of carbonyl (C=O) groups is 1. The van der Waals surface area contributed by atoms with Gasteiger partial charge in [-0.3, -0.25) is 4.79 Å². The molecule has 2 N–H and O–H groups in total. The van der Waals surface area contributed by atoms with Crippen molar-refractivity contribution in [2.45, 2.75) is 13.8 Å². The number of halogens is 2. The molecule has 0 saturated heterocycles. The Labute approximate surface area is 149 Å². The Hall–Kier alpha value is -3.28. The molecular weight excluding hydrogens is 336 g/mol. The summed E-state index contributed by atoms with van der Waals surface area (Å²) in [5.41, 5.74) is 4.36. The first-order chi connectivity index (χ1) is 12.4. The Bertz CT molecular complexity index is 956. The lowest BCUT2D eigenvalue weighted by atomic mass is 10.1. The van der Waals surface area contributed by atoms with Gasteiger partial charge in [0.25, 0.3) is 5.91 Å². The number of aryl methyl sites for hydroxylation is 2. The third-order valence-electron chi connectivity index (χ3n) is 3.97. The maximum absolute atomic E-state index is 13.2. The van der Waals surface area contributed by atoms with Gasteiger partial charge in [-0.1, -0.05) is 6.07 Å². The zero-order valence-electron chi connectivity index (χ0n) is 14.3. The smallest absolute Gasteiger partial charge is 0.274 e. The van der Waals surface area contributed by atoms with Gasteiger partial charge >= 0.3 is 0 Å². The van der Waals surface area contributed by atoms with Gasteiger partial charge in [0.15, 0.2) is 11.6 Å². The van der Waals surface area contributed by atoms with Gasteiger partial charge in [0.05, 0.1) is 11.9 Å². The fraction of sp³-hybridized carbons (Fsp3) is 0.100. The summed E-state index contributed by atoms with van der Waals surface area (Å²) < 4.78 is 26.1. The van der Waals surface area contributed by atoms with Gasteiger partial charge in [0.1, 0.15) is 5.69 Å². The molecule has 0 atom stereocenters. The number of nitrogens with zero attached hydrogens (tertiary/aromatic N) is 1. The number of benzene rings is 2. The van der Waals surface area contributed by atoms with E-state index in [4.69, 9.17) is 0 Å². The predicted octanol–water partition coefficient (Wildman–Crippen LogP) is 4.97. The zero-order chi connectivity index (χ0) is 18.7. The van der Waals surface area contributed by atoms with Crippen molar-refractivity contribution in [1.29, 1.82) is 0 Å². The van der Waals surface area contributed by atoms with Crippen LogP contribution in [0.2, 0.25) is 0 Å². The first-order valence-corrected chi connectivity index (χ1v) is 7.99. The molecule has 0 aliphatic rings. The summed E-state index contributed by atoms with van der Waals surface area (Å²) >= 11 is 0. The monoisotopic (exact) mass is 353 g/mol. The van der Waals surface area contributed by atoms with Gasteiger partial charge < -0.3 is 10.6 Å². The number of hydrogen-bond donors (Lipinski definition) is 2. The van der Waals surface area contributed by atoms with Gasteiger partial charge in [0, 0.05) is 17.4 Å². The summed E-state index contributed by atoms with van der Waals surface area (Å²) in [4.78, 5) is 16.3. The van der Waals surface area contributed by atoms with E-state index in [1.807, 2.05) is 32.0 Å². The molecule has 0 aliphatic carbocycles. The second kappa shape index (κ2) is 7.31. The summed E-state index contributed by atoms with van der Waals surface area (Å²) in [6.07, 6.45) is 1.54. The van der Waals surface area contributed by atoms with E-state index in [2.05, 4.69) is 15.6 Å². The van der Waals surface area contributed by atoms with Gasteiger partial charge in [-0.15, -0.1) is 0 Å². The number of carbonyl (C=O) groups excluding carboxylic acids is 1. The molecule has 2 aromatic carbocycles. The molecule has 1 heterocycles. The van der Waals surface area contributed by atoms with E-state index in [1.54, 1.807) is 12.1 Å². The second-order valence-electron chi connectivity index (χ2n) is 5.94. The van der Waals surface area contributed by atoms with Gasteiger partial charge in [0.2, 0.25) is 0 Å². The van der Waals surface area contributed by atoms with Crippen LogP contribution < -0.4 is 10.6 Å². The molecule has 1 amide bonds. The molecular formula is C20H17F2N3O. The van der Waals surface area contributed by atoms with Crippen LogP contribution in [0.5, 0.6) is 0 Å². The van der Waals surface area contributed by atoms with Crippen LogP contribution in [0.25, 0.3) is 0 Å². The summed E-state index contributed by atoms with van der Waals surface area (Å²) in [5, 5.41) is 5.70. The molecule has 0 unspecified atom stereocenters. The Morgan fingerprint density at radius 1 is 0.846 bits per heavy atom. The summed E-state index contributed by atoms with van der Waals surface area (Å²) in [5.74, 6) is -2.50. The third kappa shape index (κ3) is 4.03. The summed E-state index contributed by atoms with van der Waals surface area (Å²) in [6, 6.07) is 12.4. The number of hydrogen-bond acceptors (Lipinski definition) is 3. The van der Waals surface area contributed by atoms with Crippen molar-refractivity contribution in [2.75, 3.05) is 10.6 Å². The molecule has 0 bridgehead atoms. The molecule has 6 heteroatoms. The van der Waals surface area contributed by atoms with E-state index >= 15 is 0 Å². The van der Waals surface area contributed by atoms with Crippen LogP contribution in [0.3, 0.4) is 0 Å². The standard InChI is InChI=1S/C20H17F2N3O/c1-12-3-4-14(9-13(12)2)24-16-6-8-19(23-11-16)20(26)25-15-5-7-17(21)18(22)10-15/h3-11,24H,1-2H3,(H,25,26). The van der Waals surface area contributed by atoms with Crippen LogP contribution in [0.4, 0.5) is 25.8 Å². The topological polar surface area (TPSA) is 54.0 Å². The molecule has 132 valence electrons. The Morgan fingerprint density at radius 3 is 2.23 bits per heavy atom. The number of rotatable bonds is 4. The van der Waals surface area contributed by atoms with Crippen molar-refractivity contribution >= 4 is 23.0 Å². The highest BCUT2D eigenvalue weighted by atomic mass is 19.2. The van der Waals surface area contributed by atoms with Crippen molar-refractivity contribution < 1.29 is 13.6 Å². The first-order valence-electron chi connectivity index (χ1n) is 7.99. The molecule has 3 aromatic rings. The second-order valence-corrected chi connectivity index (χ2v) is 5.94. The minimum Gasteiger partial charge on any atom is -0.354 e. The SMILES string of the molecule is Cc1ccc(Nc2ccc(C(=O)Nc3ccc(F)c(F)c3)nc2)cc1C. The first kappa shape index (κ1) is 17.5. The van der Waals surface area contributed by atoms with Gasteiger partial charge in [-0.25, -0.2) is 13.8 Å². The highest BCUT2D eigenvalue weighted by Crippen LogP contribution is 2.19. The number of amides is 1. The number of pyridine rings is 1. The average molecular weight is 353 g/mol. The van der Waals surface area contributed by atoms with Crippen LogP contribution in [0, 0.1) is 25.5 Å². The zero-order valence-corrected chi connectivity index (χ0v) is 14.3. The van der Waals surface area contributed by atoms with E-state index in [1.165, 1.54) is 23.4 Å². The molecule has 0 spiro atoms. The van der Waals surface area contributed by atoms with Crippen LogP contribution in [-0.2, 0) is 0 Å². The van der Waals surface area contributed by atoms with Crippen molar-refractivity contribution in [2.24, 2.45) is 0 Å². The highest BCUT2D eigenvalue weighted by Gasteiger charge is 2.10. The molecule has 0 saturated carbocycles. The van der Waals surface area contributed by atoms with Crippen molar-refractivity contribution in [3.8, 4) is 0 Å². The van der Waals surface area contributed by atoms with Crippen molar-refractivity contribution in [3.05, 3.63) is 83.2 Å². The lowest BCUT2D eigenvalue weighted by Gasteiger charge is -2.09. The van der Waals surface area contributed by atoms with Gasteiger partial charge in [-0.05, 0) is 61.4 Å². The van der Waals surface area contributed by atoms with E-state index < -0.39 is 17.5 Å². The molecule has 0 fully saturated rings. The van der Waals surface area contributed by atoms with E-state index in [0.29, 0.717) is 0 Å². The maximum atomic E-state index is 13.2. The van der Waals surface area contributed by atoms with Crippen molar-refractivity contribution in [3.63, 3.8) is 0 Å². The fourth-order valence-corrected chi connectivity index (χ4v) is 2.36. The molecule has 26 heavy (non-hydrogen) atoms. The highest BCUT2D eigenvalue weighted by molar-refractivity contribution is 6.02. The quantitative estimate of drug-likeness (QED) is 0.696. The Morgan fingerprint density at radius 2 is 1.58 bits per heavy atom. The van der Waals surface area contributed by atoms with Crippen molar-refractivity contribution in [1.82, 2.24) is 4.98 Å². The molecule has 0 radical (unpaired) electrons. The number of anilines is 3. The Kier molecular flexibility index (Phi) is 4.93. The van der Waals surface area contributed by atoms with Crippen LogP contribution in [-0.4, -0.2) is 10.9 Å². The average Bonchev–Trinajstić information content (AvgIpc) is 2.62. The number of aromatic nitrogens is 1. The van der Waals surface area contributed by atoms with E-state index in [-0.39, 0.29) is 11.4 Å². The Balaban J connectivity index is 1.69. The third-order valence-corrected chi connectivity index (χ3v) is 3.97. The summed E-state index contributed by atoms with van der Waals surface area (Å²) in [6.45, 7) is 4.07. The van der Waals surface area contributed by atoms with Gasteiger partial charge in [-0.2, -0.15) is 0 Å². The molecule has 0 aliphatic heterocycles. The molecule has 1 aromatic heterocycles. The van der Waals surface area contributed by atoms with Crippen LogP contribution >= 0.6 is 0 Å². The van der Waals surface area contributed by atoms with E-state index in [0.717, 1.165) is 23.5 Å². The number of nitrogens with one attached hydrogen (secondary N) is 2. The largest absolute Gasteiger partial charge is 0.354 e. The maximum Gasteiger partial charge on any atom is 0.274 e. The predicted molar refractivity (Wildman–Crippen MR) is 97.7 cm³/mol. The molecule has 4 nitrogen and oxygen atoms in total. The van der Waals surface area contributed by atoms with E-state index in [9.17, 15) is 13.6 Å². The minimum atomic E-state index is -1.02. The van der Waals surface area contributed by atoms with Crippen LogP contribution in [0.15, 0.2) is 54.7 Å². The lowest BCUT2D eigenvalue weighted by molar-refractivity contribution is 0.102. The molecule has 3 rings (SSSR count).